The minimum absolute atomic E-state index is 0.589. The average Bonchev–Trinajstić information content (AvgIpc) is 2.32. The van der Waals surface area contributed by atoms with E-state index in [1.165, 1.54) is 37.7 Å². The number of benzene rings is 1. The van der Waals surface area contributed by atoms with E-state index in [0.29, 0.717) is 6.04 Å². The van der Waals surface area contributed by atoms with Gasteiger partial charge in [-0.2, -0.15) is 0 Å². The maximum atomic E-state index is 5.95. The predicted octanol–water partition coefficient (Wildman–Crippen LogP) is 4.79. The van der Waals surface area contributed by atoms with Crippen molar-refractivity contribution in [2.75, 3.05) is 0 Å². The predicted molar refractivity (Wildman–Crippen MR) is 76.5 cm³/mol. The third kappa shape index (κ3) is 6.70. The third-order valence-electron chi connectivity index (χ3n) is 3.03. The van der Waals surface area contributed by atoms with Crippen LogP contribution in [0.2, 0.25) is 5.02 Å². The van der Waals surface area contributed by atoms with E-state index in [1.807, 2.05) is 18.2 Å². The highest BCUT2D eigenvalue weighted by Gasteiger charge is 2.01. The van der Waals surface area contributed by atoms with Crippen LogP contribution in [0.25, 0.3) is 0 Å². The van der Waals surface area contributed by atoms with Gasteiger partial charge in [-0.1, -0.05) is 56.3 Å². The molecular formula is C15H24ClN. The van der Waals surface area contributed by atoms with Crippen molar-refractivity contribution < 1.29 is 0 Å². The molecule has 1 N–H and O–H groups in total. The number of unbranched alkanes of at least 4 members (excludes halogenated alkanes) is 3. The summed E-state index contributed by atoms with van der Waals surface area (Å²) < 4.78 is 0. The molecule has 0 aliphatic rings. The highest BCUT2D eigenvalue weighted by molar-refractivity contribution is 6.30. The molecule has 1 unspecified atom stereocenters. The Balaban J connectivity index is 2.17. The summed E-state index contributed by atoms with van der Waals surface area (Å²) >= 11 is 5.95. The molecule has 0 aromatic heterocycles. The van der Waals surface area contributed by atoms with Crippen molar-refractivity contribution in [3.63, 3.8) is 0 Å². The fraction of sp³-hybridized carbons (Fsp3) is 0.600. The fourth-order valence-electron chi connectivity index (χ4n) is 1.92. The Morgan fingerprint density at radius 2 is 2.06 bits per heavy atom. The molecule has 1 aromatic rings. The van der Waals surface area contributed by atoms with Crippen LogP contribution in [0.5, 0.6) is 0 Å². The molecule has 0 saturated heterocycles. The largest absolute Gasteiger partial charge is 0.310 e. The number of rotatable bonds is 8. The summed E-state index contributed by atoms with van der Waals surface area (Å²) in [6, 6.07) is 8.65. The van der Waals surface area contributed by atoms with Crippen LogP contribution in [0.15, 0.2) is 24.3 Å². The van der Waals surface area contributed by atoms with E-state index in [4.69, 9.17) is 11.6 Å². The summed E-state index contributed by atoms with van der Waals surface area (Å²) in [5, 5.41) is 4.36. The lowest BCUT2D eigenvalue weighted by atomic mass is 10.1. The van der Waals surface area contributed by atoms with Crippen molar-refractivity contribution in [3.8, 4) is 0 Å². The van der Waals surface area contributed by atoms with Crippen molar-refractivity contribution in [2.45, 2.75) is 58.5 Å². The second-order valence-electron chi connectivity index (χ2n) is 4.76. The molecule has 1 rings (SSSR count). The summed E-state index contributed by atoms with van der Waals surface area (Å²) in [5.74, 6) is 0. The fourth-order valence-corrected chi connectivity index (χ4v) is 2.13. The van der Waals surface area contributed by atoms with Crippen LogP contribution in [0.1, 0.15) is 51.5 Å². The first-order valence-corrected chi connectivity index (χ1v) is 7.08. The van der Waals surface area contributed by atoms with E-state index >= 15 is 0 Å². The van der Waals surface area contributed by atoms with Crippen molar-refractivity contribution in [1.82, 2.24) is 5.32 Å². The van der Waals surface area contributed by atoms with Gasteiger partial charge in [-0.15, -0.1) is 0 Å². The second-order valence-corrected chi connectivity index (χ2v) is 5.20. The van der Waals surface area contributed by atoms with Crippen LogP contribution in [0.3, 0.4) is 0 Å². The zero-order valence-corrected chi connectivity index (χ0v) is 11.8. The van der Waals surface area contributed by atoms with E-state index < -0.39 is 0 Å². The van der Waals surface area contributed by atoms with E-state index in [9.17, 15) is 0 Å². The number of nitrogens with one attached hydrogen (secondary N) is 1. The molecule has 0 spiro atoms. The molecule has 0 heterocycles. The Kier molecular flexibility index (Phi) is 7.30. The van der Waals surface area contributed by atoms with Crippen molar-refractivity contribution in [2.24, 2.45) is 0 Å². The van der Waals surface area contributed by atoms with Gasteiger partial charge >= 0.3 is 0 Å². The van der Waals surface area contributed by atoms with E-state index in [2.05, 4.69) is 25.2 Å². The van der Waals surface area contributed by atoms with Gasteiger partial charge in [0.15, 0.2) is 0 Å². The van der Waals surface area contributed by atoms with E-state index in [0.717, 1.165) is 11.6 Å². The van der Waals surface area contributed by atoms with Gasteiger partial charge in [-0.25, -0.2) is 0 Å². The molecule has 0 aliphatic heterocycles. The van der Waals surface area contributed by atoms with Crippen molar-refractivity contribution >= 4 is 11.6 Å². The highest BCUT2D eigenvalue weighted by atomic mass is 35.5. The molecule has 0 aliphatic carbocycles. The quantitative estimate of drug-likeness (QED) is 0.657. The smallest absolute Gasteiger partial charge is 0.0409 e. The first kappa shape index (κ1) is 14.5. The van der Waals surface area contributed by atoms with Crippen LogP contribution in [-0.4, -0.2) is 6.04 Å². The van der Waals surface area contributed by atoms with Gasteiger partial charge in [0, 0.05) is 17.6 Å². The molecule has 0 radical (unpaired) electrons. The number of halogens is 1. The van der Waals surface area contributed by atoms with Gasteiger partial charge in [-0.3, -0.25) is 0 Å². The van der Waals surface area contributed by atoms with Crippen LogP contribution < -0.4 is 5.32 Å². The third-order valence-corrected chi connectivity index (χ3v) is 3.27. The Hall–Kier alpha value is -0.530. The lowest BCUT2D eigenvalue weighted by Crippen LogP contribution is -2.25. The molecule has 0 saturated carbocycles. The van der Waals surface area contributed by atoms with Gasteiger partial charge in [0.1, 0.15) is 0 Å². The van der Waals surface area contributed by atoms with Crippen LogP contribution >= 0.6 is 11.6 Å². The lowest BCUT2D eigenvalue weighted by Gasteiger charge is -2.13. The van der Waals surface area contributed by atoms with Crippen LogP contribution in [-0.2, 0) is 6.54 Å². The normalized spacial score (nSPS) is 12.6. The summed E-state index contributed by atoms with van der Waals surface area (Å²) in [7, 11) is 0. The molecule has 17 heavy (non-hydrogen) atoms. The van der Waals surface area contributed by atoms with Crippen LogP contribution in [0, 0.1) is 0 Å². The zero-order valence-electron chi connectivity index (χ0n) is 11.0. The molecule has 1 nitrogen and oxygen atoms in total. The second kappa shape index (κ2) is 8.54. The van der Waals surface area contributed by atoms with Crippen molar-refractivity contribution in [3.05, 3.63) is 34.9 Å². The Morgan fingerprint density at radius 3 is 2.76 bits per heavy atom. The minimum atomic E-state index is 0.589. The summed E-state index contributed by atoms with van der Waals surface area (Å²) in [6.07, 6.45) is 6.63. The number of hydrogen-bond donors (Lipinski definition) is 1. The van der Waals surface area contributed by atoms with E-state index in [1.54, 1.807) is 0 Å². The SMILES string of the molecule is CCCCCCC(C)NCc1cccc(Cl)c1. The van der Waals surface area contributed by atoms with E-state index in [-0.39, 0.29) is 0 Å². The maximum absolute atomic E-state index is 5.95. The topological polar surface area (TPSA) is 12.0 Å². The summed E-state index contributed by atoms with van der Waals surface area (Å²) in [4.78, 5) is 0. The molecule has 1 atom stereocenters. The summed E-state index contributed by atoms with van der Waals surface area (Å²) in [6.45, 7) is 5.42. The molecule has 96 valence electrons. The lowest BCUT2D eigenvalue weighted by molar-refractivity contribution is 0.483. The monoisotopic (exact) mass is 253 g/mol. The zero-order chi connectivity index (χ0) is 12.5. The Bertz CT molecular complexity index is 312. The molecule has 0 fully saturated rings. The first-order valence-electron chi connectivity index (χ1n) is 6.70. The molecule has 0 bridgehead atoms. The molecule has 0 amide bonds. The van der Waals surface area contributed by atoms with Gasteiger partial charge in [0.05, 0.1) is 0 Å². The first-order chi connectivity index (χ1) is 8.22. The standard InChI is InChI=1S/C15H24ClN/c1-3-4-5-6-8-13(2)17-12-14-9-7-10-15(16)11-14/h7,9-11,13,17H,3-6,8,12H2,1-2H3. The van der Waals surface area contributed by atoms with Crippen molar-refractivity contribution in [1.29, 1.82) is 0 Å². The summed E-state index contributed by atoms with van der Waals surface area (Å²) in [5.41, 5.74) is 1.26. The van der Waals surface area contributed by atoms with Gasteiger partial charge < -0.3 is 5.32 Å². The molecule has 2 heteroatoms. The van der Waals surface area contributed by atoms with Gasteiger partial charge in [0.2, 0.25) is 0 Å². The van der Waals surface area contributed by atoms with Crippen LogP contribution in [0.4, 0.5) is 0 Å². The Labute approximate surface area is 111 Å². The van der Waals surface area contributed by atoms with Gasteiger partial charge in [0.25, 0.3) is 0 Å². The molecule has 1 aromatic carbocycles. The average molecular weight is 254 g/mol. The van der Waals surface area contributed by atoms with Gasteiger partial charge in [-0.05, 0) is 31.0 Å². The minimum Gasteiger partial charge on any atom is -0.310 e. The molecular weight excluding hydrogens is 230 g/mol. The Morgan fingerprint density at radius 1 is 1.24 bits per heavy atom. The number of hydrogen-bond acceptors (Lipinski definition) is 1. The highest BCUT2D eigenvalue weighted by Crippen LogP contribution is 2.11. The maximum Gasteiger partial charge on any atom is 0.0409 e.